The third kappa shape index (κ3) is 4.45. The first-order valence-corrected chi connectivity index (χ1v) is 10.4. The van der Waals surface area contributed by atoms with Gasteiger partial charge in [-0.05, 0) is 12.1 Å². The van der Waals surface area contributed by atoms with Crippen molar-refractivity contribution in [3.8, 4) is 23.1 Å². The van der Waals surface area contributed by atoms with Gasteiger partial charge in [-0.15, -0.1) is 0 Å². The molecular formula is C23H25N5O5. The third-order valence-electron chi connectivity index (χ3n) is 5.50. The van der Waals surface area contributed by atoms with Crippen LogP contribution in [-0.2, 0) is 16.1 Å². The number of carbonyl (C=O) groups excluding carboxylic acids is 2. The highest BCUT2D eigenvalue weighted by molar-refractivity contribution is 6.00. The molecule has 33 heavy (non-hydrogen) atoms. The Morgan fingerprint density at radius 3 is 2.52 bits per heavy atom. The minimum Gasteiger partial charge on any atom is -0.493 e. The van der Waals surface area contributed by atoms with Gasteiger partial charge in [0.25, 0.3) is 0 Å². The Balaban J connectivity index is 1.47. The van der Waals surface area contributed by atoms with Gasteiger partial charge in [0, 0.05) is 55.8 Å². The number of nitrogens with zero attached hydrogens (tertiary/aromatic N) is 4. The van der Waals surface area contributed by atoms with Crippen LogP contribution in [0.4, 0.5) is 5.69 Å². The van der Waals surface area contributed by atoms with E-state index < -0.39 is 5.92 Å². The van der Waals surface area contributed by atoms with E-state index in [0.29, 0.717) is 28.8 Å². The second kappa shape index (κ2) is 9.60. The molecule has 1 aromatic carbocycles. The fraction of sp³-hybridized carbons (Fsp3) is 0.304. The molecule has 0 bridgehead atoms. The largest absolute Gasteiger partial charge is 0.493 e. The van der Waals surface area contributed by atoms with Gasteiger partial charge in [0.1, 0.15) is 0 Å². The van der Waals surface area contributed by atoms with Crippen LogP contribution in [0.2, 0.25) is 0 Å². The number of amides is 2. The van der Waals surface area contributed by atoms with E-state index in [2.05, 4.69) is 15.4 Å². The molecule has 1 unspecified atom stereocenters. The second-order valence-corrected chi connectivity index (χ2v) is 7.44. The maximum absolute atomic E-state index is 12.9. The molecule has 1 saturated heterocycles. The smallest absolute Gasteiger partial charge is 0.227 e. The lowest BCUT2D eigenvalue weighted by atomic mass is 10.1. The molecule has 2 amide bonds. The van der Waals surface area contributed by atoms with Crippen LogP contribution in [-0.4, -0.2) is 54.5 Å². The van der Waals surface area contributed by atoms with Gasteiger partial charge in [0.15, 0.2) is 17.3 Å². The van der Waals surface area contributed by atoms with Crippen LogP contribution >= 0.6 is 0 Å². The number of nitrogens with one attached hydrogen (secondary N) is 1. The molecular weight excluding hydrogens is 426 g/mol. The topological polar surface area (TPSA) is 108 Å². The molecule has 3 heterocycles. The summed E-state index contributed by atoms with van der Waals surface area (Å²) in [4.78, 5) is 31.5. The van der Waals surface area contributed by atoms with Gasteiger partial charge in [-0.25, -0.2) is 9.67 Å². The first-order chi connectivity index (χ1) is 16.0. The molecule has 1 fully saturated rings. The van der Waals surface area contributed by atoms with Crippen LogP contribution < -0.4 is 24.4 Å². The molecule has 1 N–H and O–H groups in total. The summed E-state index contributed by atoms with van der Waals surface area (Å²) in [6.45, 7) is 0.527. The molecule has 0 radical (unpaired) electrons. The van der Waals surface area contributed by atoms with Gasteiger partial charge in [0.05, 0.1) is 32.9 Å². The molecule has 10 nitrogen and oxygen atoms in total. The molecule has 2 aromatic heterocycles. The van der Waals surface area contributed by atoms with Gasteiger partial charge in [-0.1, -0.05) is 6.07 Å². The fourth-order valence-electron chi connectivity index (χ4n) is 3.85. The summed E-state index contributed by atoms with van der Waals surface area (Å²) in [5.74, 6) is 1.13. The summed E-state index contributed by atoms with van der Waals surface area (Å²) in [6.07, 6.45) is 5.24. The van der Waals surface area contributed by atoms with Crippen molar-refractivity contribution >= 4 is 17.5 Å². The summed E-state index contributed by atoms with van der Waals surface area (Å²) in [7, 11) is 4.54. The normalized spacial score (nSPS) is 15.4. The number of rotatable bonds is 8. The summed E-state index contributed by atoms with van der Waals surface area (Å²) < 4.78 is 17.8. The Kier molecular flexibility index (Phi) is 6.43. The molecule has 0 aliphatic carbocycles. The lowest BCUT2D eigenvalue weighted by Crippen LogP contribution is -2.33. The quantitative estimate of drug-likeness (QED) is 0.558. The molecule has 0 saturated carbocycles. The molecule has 4 rings (SSSR count). The Hall–Kier alpha value is -4.08. The van der Waals surface area contributed by atoms with Gasteiger partial charge in [-0.3, -0.25) is 9.59 Å². The number of carbonyl (C=O) groups is 2. The Morgan fingerprint density at radius 1 is 1.12 bits per heavy atom. The van der Waals surface area contributed by atoms with Gasteiger partial charge in [0.2, 0.25) is 17.6 Å². The zero-order chi connectivity index (χ0) is 23.4. The zero-order valence-corrected chi connectivity index (χ0v) is 18.6. The Labute approximate surface area is 191 Å². The number of methoxy groups -OCH3 is 3. The molecule has 1 aliphatic rings. The van der Waals surface area contributed by atoms with E-state index in [9.17, 15) is 9.59 Å². The highest BCUT2D eigenvalue weighted by Crippen LogP contribution is 2.42. The summed E-state index contributed by atoms with van der Waals surface area (Å²) in [5.41, 5.74) is 1.40. The van der Waals surface area contributed by atoms with Crippen molar-refractivity contribution in [3.05, 3.63) is 54.5 Å². The predicted molar refractivity (Wildman–Crippen MR) is 120 cm³/mol. The van der Waals surface area contributed by atoms with Crippen LogP contribution in [0.15, 0.2) is 48.9 Å². The van der Waals surface area contributed by atoms with Crippen molar-refractivity contribution in [1.29, 1.82) is 0 Å². The average Bonchev–Trinajstić information content (AvgIpc) is 3.52. The number of benzene rings is 1. The standard InChI is InChI=1S/C23H25N5O5/c1-31-18-11-17(12-19(32-2)21(18)33-3)27-14-16(10-20(27)29)23(30)25-13-15-6-4-7-24-22(15)28-9-5-8-26-28/h4-9,11-12,16H,10,13-14H2,1-3H3,(H,25,30). The SMILES string of the molecule is COc1cc(N2CC(C(=O)NCc3cccnc3-n3cccn3)CC2=O)cc(OC)c1OC. The third-order valence-corrected chi connectivity index (χ3v) is 5.50. The number of aromatic nitrogens is 3. The van der Waals surface area contributed by atoms with E-state index in [4.69, 9.17) is 14.2 Å². The maximum atomic E-state index is 12.9. The number of hydrogen-bond donors (Lipinski definition) is 1. The highest BCUT2D eigenvalue weighted by atomic mass is 16.5. The lowest BCUT2D eigenvalue weighted by Gasteiger charge is -2.20. The number of ether oxygens (including phenoxy) is 3. The predicted octanol–water partition coefficient (Wildman–Crippen LogP) is 1.96. The van der Waals surface area contributed by atoms with Crippen LogP contribution in [0, 0.1) is 5.92 Å². The van der Waals surface area contributed by atoms with E-state index in [1.165, 1.54) is 21.3 Å². The van der Waals surface area contributed by atoms with Crippen molar-refractivity contribution in [1.82, 2.24) is 20.1 Å². The number of pyridine rings is 1. The van der Waals surface area contributed by atoms with Crippen molar-refractivity contribution in [2.24, 2.45) is 5.92 Å². The average molecular weight is 451 g/mol. The summed E-state index contributed by atoms with van der Waals surface area (Å²) >= 11 is 0. The van der Waals surface area contributed by atoms with Crippen LogP contribution in [0.1, 0.15) is 12.0 Å². The van der Waals surface area contributed by atoms with E-state index in [-0.39, 0.29) is 31.3 Å². The zero-order valence-electron chi connectivity index (χ0n) is 18.6. The van der Waals surface area contributed by atoms with Gasteiger partial charge in [-0.2, -0.15) is 5.10 Å². The minimum atomic E-state index is -0.485. The van der Waals surface area contributed by atoms with Crippen molar-refractivity contribution in [3.63, 3.8) is 0 Å². The van der Waals surface area contributed by atoms with Crippen LogP contribution in [0.5, 0.6) is 17.2 Å². The minimum absolute atomic E-state index is 0.113. The van der Waals surface area contributed by atoms with Crippen LogP contribution in [0.25, 0.3) is 5.82 Å². The summed E-state index contributed by atoms with van der Waals surface area (Å²) in [6, 6.07) is 8.89. The Bertz CT molecular complexity index is 1120. The monoisotopic (exact) mass is 451 g/mol. The molecule has 0 spiro atoms. The second-order valence-electron chi connectivity index (χ2n) is 7.44. The number of anilines is 1. The molecule has 3 aromatic rings. The molecule has 1 atom stereocenters. The maximum Gasteiger partial charge on any atom is 0.227 e. The lowest BCUT2D eigenvalue weighted by molar-refractivity contribution is -0.126. The van der Waals surface area contributed by atoms with Crippen molar-refractivity contribution in [2.75, 3.05) is 32.8 Å². The first-order valence-electron chi connectivity index (χ1n) is 10.4. The Morgan fingerprint density at radius 2 is 1.88 bits per heavy atom. The summed E-state index contributed by atoms with van der Waals surface area (Å²) in [5, 5.41) is 7.14. The van der Waals surface area contributed by atoms with E-state index >= 15 is 0 Å². The van der Waals surface area contributed by atoms with E-state index in [1.807, 2.05) is 6.07 Å². The molecule has 1 aliphatic heterocycles. The molecule has 172 valence electrons. The first kappa shape index (κ1) is 22.1. The fourth-order valence-corrected chi connectivity index (χ4v) is 3.85. The van der Waals surface area contributed by atoms with E-state index in [1.54, 1.807) is 52.4 Å². The number of hydrogen-bond acceptors (Lipinski definition) is 7. The van der Waals surface area contributed by atoms with Crippen LogP contribution in [0.3, 0.4) is 0 Å². The molecule has 10 heteroatoms. The van der Waals surface area contributed by atoms with Gasteiger partial charge >= 0.3 is 0 Å². The van der Waals surface area contributed by atoms with Crippen molar-refractivity contribution < 1.29 is 23.8 Å². The van der Waals surface area contributed by atoms with Gasteiger partial charge < -0.3 is 24.4 Å². The van der Waals surface area contributed by atoms with Crippen molar-refractivity contribution in [2.45, 2.75) is 13.0 Å². The van der Waals surface area contributed by atoms with E-state index in [0.717, 1.165) is 5.56 Å². The highest BCUT2D eigenvalue weighted by Gasteiger charge is 2.36.